The molecular weight excluding hydrogens is 262 g/mol. The van der Waals surface area contributed by atoms with E-state index in [1.54, 1.807) is 0 Å². The fourth-order valence-electron chi connectivity index (χ4n) is 1.85. The molecule has 19 heavy (non-hydrogen) atoms. The van der Waals surface area contributed by atoms with Gasteiger partial charge in [-0.3, -0.25) is 4.79 Å². The van der Waals surface area contributed by atoms with Crippen LogP contribution in [0.2, 0.25) is 0 Å². The summed E-state index contributed by atoms with van der Waals surface area (Å²) in [5, 5.41) is 1.71. The van der Waals surface area contributed by atoms with Crippen molar-refractivity contribution >= 4 is 39.7 Å². The third-order valence-corrected chi connectivity index (χ3v) is 3.69. The Morgan fingerprint density at radius 2 is 2.16 bits per heavy atom. The van der Waals surface area contributed by atoms with E-state index in [1.165, 1.54) is 18.1 Å². The Hall–Kier alpha value is -2.08. The molecule has 0 saturated carbocycles. The molecule has 0 aliphatic carbocycles. The number of furan rings is 1. The van der Waals surface area contributed by atoms with Gasteiger partial charge in [-0.2, -0.15) is 0 Å². The van der Waals surface area contributed by atoms with Crippen LogP contribution in [0.4, 0.5) is 0 Å². The van der Waals surface area contributed by atoms with Crippen LogP contribution < -0.4 is 5.73 Å². The number of rotatable bonds is 4. The van der Waals surface area contributed by atoms with Crippen LogP contribution in [0, 0.1) is 0 Å². The van der Waals surface area contributed by atoms with E-state index < -0.39 is 0 Å². The average Bonchev–Trinajstić information content (AvgIpc) is 2.78. The standard InChI is InChI=1S/C13H11N3O2S/c14-10(17)5-6-19-13-12-11(15-7-16-13)8-3-1-2-4-9(8)18-12/h1-4,7H,5-6H2,(H2,14,17). The number of amides is 1. The van der Waals surface area contributed by atoms with Crippen LogP contribution in [0.25, 0.3) is 22.1 Å². The molecule has 6 heteroatoms. The van der Waals surface area contributed by atoms with Crippen molar-refractivity contribution in [1.29, 1.82) is 0 Å². The molecule has 0 saturated heterocycles. The Morgan fingerprint density at radius 3 is 3.00 bits per heavy atom. The van der Waals surface area contributed by atoms with E-state index in [0.717, 1.165) is 21.5 Å². The van der Waals surface area contributed by atoms with Crippen LogP contribution in [0.15, 0.2) is 40.0 Å². The van der Waals surface area contributed by atoms with Crippen molar-refractivity contribution in [2.75, 3.05) is 5.75 Å². The van der Waals surface area contributed by atoms with Crippen molar-refractivity contribution in [3.8, 4) is 0 Å². The predicted molar refractivity (Wildman–Crippen MR) is 73.8 cm³/mol. The zero-order chi connectivity index (χ0) is 13.2. The molecule has 0 atom stereocenters. The molecule has 0 aliphatic heterocycles. The van der Waals surface area contributed by atoms with Crippen LogP contribution in [-0.4, -0.2) is 21.6 Å². The summed E-state index contributed by atoms with van der Waals surface area (Å²) in [6.07, 6.45) is 1.83. The fraction of sp³-hybridized carbons (Fsp3) is 0.154. The number of carbonyl (C=O) groups is 1. The molecule has 3 rings (SSSR count). The molecule has 3 aromatic rings. The molecule has 0 spiro atoms. The first-order chi connectivity index (χ1) is 9.25. The topological polar surface area (TPSA) is 82.0 Å². The summed E-state index contributed by atoms with van der Waals surface area (Å²) in [6.45, 7) is 0. The van der Waals surface area contributed by atoms with Crippen molar-refractivity contribution in [2.24, 2.45) is 5.73 Å². The van der Waals surface area contributed by atoms with Gasteiger partial charge in [-0.1, -0.05) is 12.1 Å². The van der Waals surface area contributed by atoms with Crippen LogP contribution in [-0.2, 0) is 4.79 Å². The average molecular weight is 273 g/mol. The Labute approximate surface area is 113 Å². The summed E-state index contributed by atoms with van der Waals surface area (Å²) in [7, 11) is 0. The van der Waals surface area contributed by atoms with Gasteiger partial charge in [0.05, 0.1) is 0 Å². The van der Waals surface area contributed by atoms with Crippen molar-refractivity contribution in [3.05, 3.63) is 30.6 Å². The minimum Gasteiger partial charge on any atom is -0.451 e. The number of hydrogen-bond acceptors (Lipinski definition) is 5. The number of nitrogens with two attached hydrogens (primary N) is 1. The number of aromatic nitrogens is 2. The van der Waals surface area contributed by atoms with Crippen molar-refractivity contribution in [3.63, 3.8) is 0 Å². The van der Waals surface area contributed by atoms with Crippen molar-refractivity contribution in [1.82, 2.24) is 9.97 Å². The van der Waals surface area contributed by atoms with Crippen molar-refractivity contribution in [2.45, 2.75) is 11.4 Å². The Morgan fingerprint density at radius 1 is 1.32 bits per heavy atom. The van der Waals surface area contributed by atoms with Gasteiger partial charge in [0.15, 0.2) is 5.58 Å². The van der Waals surface area contributed by atoms with Crippen LogP contribution >= 0.6 is 11.8 Å². The lowest BCUT2D eigenvalue weighted by atomic mass is 10.2. The summed E-state index contributed by atoms with van der Waals surface area (Å²) < 4.78 is 5.78. The third kappa shape index (κ3) is 2.26. The SMILES string of the molecule is NC(=O)CCSc1ncnc2c1oc1ccccc12. The Kier molecular flexibility index (Phi) is 3.08. The molecule has 0 aliphatic rings. The zero-order valence-electron chi connectivity index (χ0n) is 10.00. The predicted octanol–water partition coefficient (Wildman–Crippen LogP) is 2.34. The largest absolute Gasteiger partial charge is 0.451 e. The second kappa shape index (κ2) is 4.89. The highest BCUT2D eigenvalue weighted by molar-refractivity contribution is 7.99. The summed E-state index contributed by atoms with van der Waals surface area (Å²) >= 11 is 1.45. The number of thioether (sulfide) groups is 1. The van der Waals surface area contributed by atoms with Gasteiger partial charge in [0, 0.05) is 17.6 Å². The van der Waals surface area contributed by atoms with Crippen molar-refractivity contribution < 1.29 is 9.21 Å². The highest BCUT2D eigenvalue weighted by Crippen LogP contribution is 2.32. The van der Waals surface area contributed by atoms with E-state index >= 15 is 0 Å². The number of primary amides is 1. The first-order valence-corrected chi connectivity index (χ1v) is 6.77. The lowest BCUT2D eigenvalue weighted by Crippen LogP contribution is -2.10. The maximum atomic E-state index is 10.7. The molecule has 1 amide bonds. The van der Waals surface area contributed by atoms with E-state index in [-0.39, 0.29) is 5.91 Å². The van der Waals surface area contributed by atoms with Crippen LogP contribution in [0.1, 0.15) is 6.42 Å². The highest BCUT2D eigenvalue weighted by atomic mass is 32.2. The van der Waals surface area contributed by atoms with Crippen LogP contribution in [0.3, 0.4) is 0 Å². The Bertz CT molecular complexity index is 754. The van der Waals surface area contributed by atoms with E-state index in [2.05, 4.69) is 9.97 Å². The third-order valence-electron chi connectivity index (χ3n) is 2.71. The van der Waals surface area contributed by atoms with Gasteiger partial charge in [0.25, 0.3) is 0 Å². The second-order valence-corrected chi connectivity index (χ2v) is 5.10. The quantitative estimate of drug-likeness (QED) is 0.583. The normalized spacial score (nSPS) is 11.2. The lowest BCUT2D eigenvalue weighted by molar-refractivity contribution is -0.117. The molecule has 2 N–H and O–H groups in total. The van der Waals surface area contributed by atoms with Gasteiger partial charge in [-0.25, -0.2) is 9.97 Å². The first-order valence-electron chi connectivity index (χ1n) is 5.79. The minimum atomic E-state index is -0.317. The zero-order valence-corrected chi connectivity index (χ0v) is 10.8. The molecule has 1 aromatic carbocycles. The number of carbonyl (C=O) groups excluding carboxylic acids is 1. The summed E-state index contributed by atoms with van der Waals surface area (Å²) in [5.74, 6) is 0.265. The molecular formula is C13H11N3O2S. The van der Waals surface area contributed by atoms with Crippen LogP contribution in [0.5, 0.6) is 0 Å². The number of benzene rings is 1. The van der Waals surface area contributed by atoms with E-state index in [0.29, 0.717) is 17.8 Å². The van der Waals surface area contributed by atoms with Gasteiger partial charge in [0.2, 0.25) is 5.91 Å². The number of fused-ring (bicyclic) bond motifs is 3. The fourth-order valence-corrected chi connectivity index (χ4v) is 2.74. The molecule has 0 fully saturated rings. The monoisotopic (exact) mass is 273 g/mol. The van der Waals surface area contributed by atoms with Gasteiger partial charge in [0.1, 0.15) is 22.5 Å². The number of nitrogens with zero attached hydrogens (tertiary/aromatic N) is 2. The van der Waals surface area contributed by atoms with E-state index in [1.807, 2.05) is 24.3 Å². The molecule has 2 heterocycles. The molecule has 0 radical (unpaired) electrons. The van der Waals surface area contributed by atoms with Gasteiger partial charge in [-0.05, 0) is 12.1 Å². The summed E-state index contributed by atoms with van der Waals surface area (Å²) in [5.41, 5.74) is 7.37. The minimum absolute atomic E-state index is 0.316. The molecule has 96 valence electrons. The van der Waals surface area contributed by atoms with E-state index in [4.69, 9.17) is 10.2 Å². The van der Waals surface area contributed by atoms with Gasteiger partial charge in [-0.15, -0.1) is 11.8 Å². The molecule has 2 aromatic heterocycles. The maximum Gasteiger partial charge on any atom is 0.218 e. The second-order valence-electron chi connectivity index (χ2n) is 4.02. The first kappa shape index (κ1) is 12.0. The molecule has 0 unspecified atom stereocenters. The molecule has 0 bridgehead atoms. The molecule has 5 nitrogen and oxygen atoms in total. The lowest BCUT2D eigenvalue weighted by Gasteiger charge is -1.98. The Balaban J connectivity index is 2.03. The smallest absolute Gasteiger partial charge is 0.218 e. The summed E-state index contributed by atoms with van der Waals surface area (Å²) in [4.78, 5) is 19.2. The summed E-state index contributed by atoms with van der Waals surface area (Å²) in [6, 6.07) is 7.72. The number of para-hydroxylation sites is 1. The number of hydrogen-bond donors (Lipinski definition) is 1. The maximum absolute atomic E-state index is 10.7. The van der Waals surface area contributed by atoms with Gasteiger partial charge >= 0.3 is 0 Å². The highest BCUT2D eigenvalue weighted by Gasteiger charge is 2.13. The van der Waals surface area contributed by atoms with Gasteiger partial charge < -0.3 is 10.2 Å². The van der Waals surface area contributed by atoms with E-state index in [9.17, 15) is 4.79 Å².